The van der Waals surface area contributed by atoms with Crippen molar-refractivity contribution in [1.29, 1.82) is 0 Å². The average Bonchev–Trinajstić information content (AvgIpc) is 2.75. The molecule has 2 bridgehead atoms. The van der Waals surface area contributed by atoms with Crippen LogP contribution in [0.3, 0.4) is 0 Å². The molecule has 0 radical (unpaired) electrons. The van der Waals surface area contributed by atoms with Crippen LogP contribution in [0.25, 0.3) is 0 Å². The lowest BCUT2D eigenvalue weighted by atomic mass is 9.54. The fourth-order valence-electron chi connectivity index (χ4n) is 4.76. The van der Waals surface area contributed by atoms with Crippen LogP contribution in [-0.2, 0) is 9.59 Å². The second kappa shape index (κ2) is 9.79. The van der Waals surface area contributed by atoms with Gasteiger partial charge in [-0.15, -0.1) is 0 Å². The number of hydrogen-bond donors (Lipinski definition) is 2. The lowest BCUT2D eigenvalue weighted by molar-refractivity contribution is -0.134. The van der Waals surface area contributed by atoms with Crippen LogP contribution in [0.2, 0.25) is 20.1 Å². The molecule has 2 amide bonds. The van der Waals surface area contributed by atoms with Crippen molar-refractivity contribution in [3.63, 3.8) is 0 Å². The Labute approximate surface area is 211 Å². The number of carbonyl (C=O) groups excluding carboxylic acids is 2. The fourth-order valence-corrected chi connectivity index (χ4v) is 5.34. The molecule has 0 aromatic heterocycles. The molecule has 3 saturated carbocycles. The minimum atomic E-state index is -0.325. The minimum Gasteiger partial charge on any atom is -0.484 e. The van der Waals surface area contributed by atoms with E-state index in [1.165, 1.54) is 0 Å². The molecule has 6 nitrogen and oxygen atoms in total. The molecule has 2 N–H and O–H groups in total. The fraction of sp³-hybridized carbons (Fsp3) is 0.391. The first-order valence-corrected chi connectivity index (χ1v) is 12.0. The number of rotatable bonds is 8. The molecule has 3 aliphatic carbocycles. The maximum Gasteiger partial charge on any atom is 0.258 e. The topological polar surface area (TPSA) is 76.7 Å². The number of fused-ring (bicyclic) bond motifs is 2. The number of ether oxygens (including phenoxy) is 2. The smallest absolute Gasteiger partial charge is 0.258 e. The molecular formula is C23H22Cl4N2O4. The molecule has 3 fully saturated rings. The van der Waals surface area contributed by atoms with Crippen molar-refractivity contribution in [2.24, 2.45) is 0 Å². The molecule has 3 aliphatic rings. The Balaban J connectivity index is 1.25. The number of benzene rings is 2. The van der Waals surface area contributed by atoms with Gasteiger partial charge in [0.25, 0.3) is 11.8 Å². The van der Waals surface area contributed by atoms with E-state index < -0.39 is 0 Å². The summed E-state index contributed by atoms with van der Waals surface area (Å²) in [4.78, 5) is 25.0. The average molecular weight is 532 g/mol. The summed E-state index contributed by atoms with van der Waals surface area (Å²) in [5.41, 5.74) is -0.650. The zero-order chi connectivity index (χ0) is 23.6. The summed E-state index contributed by atoms with van der Waals surface area (Å²) in [7, 11) is 0. The number of nitrogens with one attached hydrogen (secondary N) is 2. The summed E-state index contributed by atoms with van der Waals surface area (Å²) < 4.78 is 11.1. The van der Waals surface area contributed by atoms with E-state index in [4.69, 9.17) is 55.9 Å². The number of carbonyl (C=O) groups is 2. The maximum atomic E-state index is 12.5. The predicted octanol–water partition coefficient (Wildman–Crippen LogP) is 5.45. The van der Waals surface area contributed by atoms with E-state index in [0.29, 0.717) is 44.4 Å². The summed E-state index contributed by atoms with van der Waals surface area (Å²) in [6, 6.07) is 9.69. The van der Waals surface area contributed by atoms with Gasteiger partial charge in [-0.25, -0.2) is 0 Å². The molecule has 176 valence electrons. The van der Waals surface area contributed by atoms with Gasteiger partial charge in [-0.1, -0.05) is 46.4 Å². The Bertz CT molecular complexity index is 991. The molecule has 0 spiro atoms. The first-order valence-electron chi connectivity index (χ1n) is 10.5. The molecule has 0 atom stereocenters. The molecule has 0 saturated heterocycles. The highest BCUT2D eigenvalue weighted by molar-refractivity contribution is 6.42. The molecular weight excluding hydrogens is 510 g/mol. The van der Waals surface area contributed by atoms with Gasteiger partial charge in [0.1, 0.15) is 11.5 Å². The maximum absolute atomic E-state index is 12.5. The van der Waals surface area contributed by atoms with Crippen molar-refractivity contribution in [1.82, 2.24) is 10.6 Å². The molecule has 5 rings (SSSR count). The third kappa shape index (κ3) is 5.80. The number of halogens is 4. The lowest BCUT2D eigenvalue weighted by Gasteiger charge is -2.60. The molecule has 0 unspecified atom stereocenters. The van der Waals surface area contributed by atoms with Crippen LogP contribution < -0.4 is 20.1 Å². The molecule has 10 heteroatoms. The van der Waals surface area contributed by atoms with Crippen molar-refractivity contribution in [3.05, 3.63) is 56.5 Å². The second-order valence-electron chi connectivity index (χ2n) is 8.59. The standard InChI is InChI=1S/C23H22Cl4N2O4/c24-16-4-2-14(8-18(16)26)32-10-20(30)28-22-6-1-7-23(12-22,13-22)29-21(31)11-33-15-3-5-17(25)19(27)9-15/h2-5,8-9H,1,6-7,10-13H2,(H,28,30)(H,29,31). The number of amides is 2. The second-order valence-corrected chi connectivity index (χ2v) is 10.2. The SMILES string of the molecule is O=C(COc1ccc(Cl)c(Cl)c1)NC12CCCC(NC(=O)COc3ccc(Cl)c(Cl)c3)(C1)C2. The van der Waals surface area contributed by atoms with E-state index >= 15 is 0 Å². The molecule has 0 aliphatic heterocycles. The van der Waals surface area contributed by atoms with E-state index in [1.54, 1.807) is 36.4 Å². The van der Waals surface area contributed by atoms with Gasteiger partial charge in [0.2, 0.25) is 0 Å². The van der Waals surface area contributed by atoms with Crippen molar-refractivity contribution >= 4 is 58.2 Å². The third-order valence-corrected chi connectivity index (χ3v) is 7.47. The first-order chi connectivity index (χ1) is 15.7. The van der Waals surface area contributed by atoms with Crippen LogP contribution in [0.15, 0.2) is 36.4 Å². The Hall–Kier alpha value is -1.86. The first kappa shape index (κ1) is 24.3. The van der Waals surface area contributed by atoms with Crippen LogP contribution >= 0.6 is 46.4 Å². The van der Waals surface area contributed by atoms with Gasteiger partial charge in [-0.05, 0) is 56.4 Å². The zero-order valence-electron chi connectivity index (χ0n) is 17.6. The summed E-state index contributed by atoms with van der Waals surface area (Å²) in [5.74, 6) is 0.507. The highest BCUT2D eigenvalue weighted by Crippen LogP contribution is 2.52. The van der Waals surface area contributed by atoms with E-state index in [2.05, 4.69) is 10.6 Å². The van der Waals surface area contributed by atoms with Crippen LogP contribution in [-0.4, -0.2) is 36.1 Å². The quantitative estimate of drug-likeness (QED) is 0.475. The summed E-state index contributed by atoms with van der Waals surface area (Å²) in [6.07, 6.45) is 3.99. The van der Waals surface area contributed by atoms with Crippen LogP contribution in [0, 0.1) is 0 Å². The van der Waals surface area contributed by atoms with Crippen molar-refractivity contribution in [3.8, 4) is 11.5 Å². The van der Waals surface area contributed by atoms with Crippen LogP contribution in [0.5, 0.6) is 11.5 Å². The van der Waals surface area contributed by atoms with Gasteiger partial charge in [-0.3, -0.25) is 9.59 Å². The lowest BCUT2D eigenvalue weighted by Crippen LogP contribution is -2.73. The monoisotopic (exact) mass is 530 g/mol. The highest BCUT2D eigenvalue weighted by atomic mass is 35.5. The van der Waals surface area contributed by atoms with Gasteiger partial charge >= 0.3 is 0 Å². The summed E-state index contributed by atoms with van der Waals surface area (Å²) in [6.45, 7) is -0.257. The largest absolute Gasteiger partial charge is 0.484 e. The van der Waals surface area contributed by atoms with E-state index in [1.807, 2.05) is 0 Å². The van der Waals surface area contributed by atoms with Gasteiger partial charge in [0.15, 0.2) is 13.2 Å². The number of hydrogen-bond acceptors (Lipinski definition) is 4. The van der Waals surface area contributed by atoms with Gasteiger partial charge in [0, 0.05) is 23.2 Å². The Kier molecular flexibility index (Phi) is 7.20. The van der Waals surface area contributed by atoms with Crippen LogP contribution in [0.4, 0.5) is 0 Å². The van der Waals surface area contributed by atoms with E-state index in [0.717, 1.165) is 19.3 Å². The molecule has 2 aromatic carbocycles. The zero-order valence-corrected chi connectivity index (χ0v) is 20.6. The van der Waals surface area contributed by atoms with Crippen LogP contribution in [0.1, 0.15) is 32.1 Å². The minimum absolute atomic E-state index is 0.128. The van der Waals surface area contributed by atoms with Gasteiger partial charge in [-0.2, -0.15) is 0 Å². The molecule has 2 aromatic rings. The normalized spacial score (nSPS) is 23.3. The molecule has 0 heterocycles. The highest BCUT2D eigenvalue weighted by Gasteiger charge is 2.58. The Morgan fingerprint density at radius 2 is 1.15 bits per heavy atom. The molecule has 33 heavy (non-hydrogen) atoms. The van der Waals surface area contributed by atoms with E-state index in [9.17, 15) is 9.59 Å². The van der Waals surface area contributed by atoms with Crippen molar-refractivity contribution in [2.45, 2.75) is 43.2 Å². The summed E-state index contributed by atoms with van der Waals surface area (Å²) in [5, 5.41) is 7.75. The van der Waals surface area contributed by atoms with Crippen molar-refractivity contribution < 1.29 is 19.1 Å². The van der Waals surface area contributed by atoms with Crippen molar-refractivity contribution in [2.75, 3.05) is 13.2 Å². The van der Waals surface area contributed by atoms with Gasteiger partial charge < -0.3 is 20.1 Å². The third-order valence-electron chi connectivity index (χ3n) is 6.00. The predicted molar refractivity (Wildman–Crippen MR) is 129 cm³/mol. The summed E-state index contributed by atoms with van der Waals surface area (Å²) >= 11 is 23.7. The Morgan fingerprint density at radius 1 is 0.727 bits per heavy atom. The van der Waals surface area contributed by atoms with Gasteiger partial charge in [0.05, 0.1) is 20.1 Å². The van der Waals surface area contributed by atoms with E-state index in [-0.39, 0.29) is 36.1 Å². The Morgan fingerprint density at radius 3 is 1.55 bits per heavy atom.